The van der Waals surface area contributed by atoms with Crippen molar-refractivity contribution in [1.29, 1.82) is 0 Å². The lowest BCUT2D eigenvalue weighted by Crippen LogP contribution is -2.84. The van der Waals surface area contributed by atoms with E-state index in [1.165, 1.54) is 29.2 Å². The highest BCUT2D eigenvalue weighted by Gasteiger charge is 2.69. The van der Waals surface area contributed by atoms with Crippen LogP contribution < -0.4 is 10.6 Å². The molecule has 11 nitrogen and oxygen atoms in total. The molecule has 0 spiro atoms. The number of benzene rings is 2. The van der Waals surface area contributed by atoms with Gasteiger partial charge in [0.25, 0.3) is 11.6 Å². The van der Waals surface area contributed by atoms with Crippen LogP contribution in [0, 0.1) is 10.1 Å². The normalized spacial score (nSPS) is 21.2. The number of nitro groups is 1. The van der Waals surface area contributed by atoms with E-state index in [0.29, 0.717) is 11.3 Å². The van der Waals surface area contributed by atoms with Crippen molar-refractivity contribution in [2.45, 2.75) is 17.5 Å². The Hall–Kier alpha value is -3.93. The van der Waals surface area contributed by atoms with Gasteiger partial charge in [0.1, 0.15) is 12.0 Å². The number of hydrogen-bond acceptors (Lipinski definition) is 9. The standard InChI is InChI=1S/C22H20N4O7S/c27-17-11-25-19(29)22(20(25)34-13-17,24-18(28)10-23-15-4-2-1-3-5-15)21(30)33-12-14-6-8-16(9-7-14)26(31)32/h1-9,20,23H,10-13H2,(H,24,28)/t20-,22?/m0/s1. The number of Topliss-reactive ketones (excluding diaryl/α,β-unsaturated/α-hetero) is 1. The molecule has 2 aliphatic rings. The fourth-order valence-corrected chi connectivity index (χ4v) is 5.01. The van der Waals surface area contributed by atoms with E-state index >= 15 is 0 Å². The van der Waals surface area contributed by atoms with E-state index in [9.17, 15) is 29.3 Å². The van der Waals surface area contributed by atoms with Crippen LogP contribution in [0.2, 0.25) is 0 Å². The lowest BCUT2D eigenvalue weighted by atomic mass is 9.87. The minimum atomic E-state index is -1.96. The molecule has 2 aromatic carbocycles. The molecule has 4 rings (SSSR count). The van der Waals surface area contributed by atoms with Crippen molar-refractivity contribution in [3.8, 4) is 0 Å². The van der Waals surface area contributed by atoms with Gasteiger partial charge in [0.05, 0.1) is 23.8 Å². The van der Waals surface area contributed by atoms with Crippen molar-refractivity contribution in [3.63, 3.8) is 0 Å². The fraction of sp³-hybridized carbons (Fsp3) is 0.273. The van der Waals surface area contributed by atoms with Gasteiger partial charge < -0.3 is 20.3 Å². The number of non-ortho nitro benzene ring substituents is 1. The molecule has 0 radical (unpaired) electrons. The molecule has 2 heterocycles. The number of para-hydroxylation sites is 1. The third-order valence-corrected chi connectivity index (χ3v) is 6.82. The summed E-state index contributed by atoms with van der Waals surface area (Å²) in [5, 5.41) is 15.5. The molecule has 2 fully saturated rings. The maximum absolute atomic E-state index is 13.1. The maximum Gasteiger partial charge on any atom is 0.345 e. The van der Waals surface area contributed by atoms with E-state index in [-0.39, 0.29) is 36.9 Å². The van der Waals surface area contributed by atoms with Gasteiger partial charge >= 0.3 is 5.97 Å². The minimum Gasteiger partial charge on any atom is -0.459 e. The van der Waals surface area contributed by atoms with Crippen LogP contribution >= 0.6 is 11.8 Å². The van der Waals surface area contributed by atoms with Gasteiger partial charge in [-0.25, -0.2) is 4.79 Å². The smallest absolute Gasteiger partial charge is 0.345 e. The summed E-state index contributed by atoms with van der Waals surface area (Å²) < 4.78 is 5.36. The summed E-state index contributed by atoms with van der Waals surface area (Å²) in [5.41, 5.74) is -0.910. The molecule has 2 amide bonds. The third-order valence-electron chi connectivity index (χ3n) is 5.40. The minimum absolute atomic E-state index is 0.101. The number of ether oxygens (including phenoxy) is 1. The summed E-state index contributed by atoms with van der Waals surface area (Å²) in [6, 6.07) is 14.3. The molecular formula is C22H20N4O7S. The van der Waals surface area contributed by atoms with Crippen molar-refractivity contribution in [3.05, 3.63) is 70.3 Å². The first-order chi connectivity index (χ1) is 16.3. The van der Waals surface area contributed by atoms with E-state index in [4.69, 9.17) is 4.74 Å². The second kappa shape index (κ2) is 9.51. The van der Waals surface area contributed by atoms with Crippen LogP contribution in [-0.2, 0) is 30.5 Å². The Bertz CT molecular complexity index is 1140. The van der Waals surface area contributed by atoms with Crippen LogP contribution in [0.4, 0.5) is 11.4 Å². The van der Waals surface area contributed by atoms with Gasteiger partial charge in [0, 0.05) is 17.8 Å². The fourth-order valence-electron chi connectivity index (χ4n) is 3.72. The zero-order valence-corrected chi connectivity index (χ0v) is 18.6. The molecule has 34 heavy (non-hydrogen) atoms. The van der Waals surface area contributed by atoms with Gasteiger partial charge in [-0.15, -0.1) is 11.8 Å². The van der Waals surface area contributed by atoms with E-state index < -0.39 is 33.6 Å². The van der Waals surface area contributed by atoms with Crippen LogP contribution in [0.3, 0.4) is 0 Å². The van der Waals surface area contributed by atoms with Crippen LogP contribution in [0.5, 0.6) is 0 Å². The molecule has 1 unspecified atom stereocenters. The summed E-state index contributed by atoms with van der Waals surface area (Å²) >= 11 is 1.09. The molecular weight excluding hydrogens is 464 g/mol. The van der Waals surface area contributed by atoms with Gasteiger partial charge in [-0.2, -0.15) is 0 Å². The zero-order valence-electron chi connectivity index (χ0n) is 17.8. The second-order valence-electron chi connectivity index (χ2n) is 7.71. The Balaban J connectivity index is 1.48. The Labute approximate surface area is 198 Å². The first-order valence-electron chi connectivity index (χ1n) is 10.3. The Kier molecular flexibility index (Phi) is 6.50. The summed E-state index contributed by atoms with van der Waals surface area (Å²) in [7, 11) is 0. The molecule has 2 N–H and O–H groups in total. The topological polar surface area (TPSA) is 148 Å². The number of β-lactam (4-membered cyclic amide) rings is 1. The number of ketones is 1. The Morgan fingerprint density at radius 2 is 1.85 bits per heavy atom. The highest BCUT2D eigenvalue weighted by atomic mass is 32.2. The number of fused-ring (bicyclic) bond motifs is 1. The molecule has 2 saturated heterocycles. The van der Waals surface area contributed by atoms with E-state index in [1.807, 2.05) is 6.07 Å². The van der Waals surface area contributed by atoms with Gasteiger partial charge in [-0.3, -0.25) is 24.5 Å². The number of hydrogen-bond donors (Lipinski definition) is 2. The molecule has 2 atom stereocenters. The van der Waals surface area contributed by atoms with Crippen LogP contribution in [0.15, 0.2) is 54.6 Å². The number of nitrogens with one attached hydrogen (secondary N) is 2. The number of rotatable bonds is 8. The SMILES string of the molecule is O=C1CS[C@@H]2N(C1)C(=O)C2(NC(=O)CNc1ccccc1)C(=O)OCc1ccc([N+](=O)[O-])cc1. The Morgan fingerprint density at radius 3 is 2.53 bits per heavy atom. The molecule has 0 aliphatic carbocycles. The van der Waals surface area contributed by atoms with Gasteiger partial charge in [-0.1, -0.05) is 18.2 Å². The quantitative estimate of drug-likeness (QED) is 0.185. The van der Waals surface area contributed by atoms with E-state index in [1.54, 1.807) is 24.3 Å². The number of carbonyl (C=O) groups is 4. The number of esters is 1. The third kappa shape index (κ3) is 4.44. The molecule has 0 saturated carbocycles. The predicted molar refractivity (Wildman–Crippen MR) is 122 cm³/mol. The van der Waals surface area contributed by atoms with Crippen molar-refractivity contribution in [1.82, 2.24) is 10.2 Å². The van der Waals surface area contributed by atoms with E-state index in [0.717, 1.165) is 11.8 Å². The number of anilines is 1. The molecule has 0 bridgehead atoms. The number of nitro benzene ring substituents is 1. The van der Waals surface area contributed by atoms with Gasteiger partial charge in [-0.05, 0) is 29.8 Å². The molecule has 0 aromatic heterocycles. The maximum atomic E-state index is 13.1. The van der Waals surface area contributed by atoms with Crippen molar-refractivity contribution in [2.75, 3.05) is 24.2 Å². The largest absolute Gasteiger partial charge is 0.459 e. The number of nitrogens with zero attached hydrogens (tertiary/aromatic N) is 2. The van der Waals surface area contributed by atoms with Gasteiger partial charge in [0.15, 0.2) is 5.78 Å². The molecule has 176 valence electrons. The van der Waals surface area contributed by atoms with Crippen LogP contribution in [0.1, 0.15) is 5.56 Å². The summed E-state index contributed by atoms with van der Waals surface area (Å²) in [6.45, 7) is -0.572. The molecule has 2 aromatic rings. The predicted octanol–water partition coefficient (Wildman–Crippen LogP) is 1.09. The van der Waals surface area contributed by atoms with Crippen molar-refractivity contribution in [2.24, 2.45) is 0 Å². The summed E-state index contributed by atoms with van der Waals surface area (Å²) in [5.74, 6) is -2.31. The lowest BCUT2D eigenvalue weighted by Gasteiger charge is -2.54. The lowest BCUT2D eigenvalue weighted by molar-refractivity contribution is -0.384. The number of carbonyl (C=O) groups excluding carboxylic acids is 4. The van der Waals surface area contributed by atoms with E-state index in [2.05, 4.69) is 10.6 Å². The summed E-state index contributed by atoms with van der Waals surface area (Å²) in [6.07, 6.45) is 0. The van der Waals surface area contributed by atoms with Gasteiger partial charge in [0.2, 0.25) is 11.4 Å². The zero-order chi connectivity index (χ0) is 24.3. The highest BCUT2D eigenvalue weighted by Crippen LogP contribution is 2.42. The monoisotopic (exact) mass is 484 g/mol. The second-order valence-corrected chi connectivity index (χ2v) is 8.78. The van der Waals surface area contributed by atoms with Crippen molar-refractivity contribution >= 4 is 46.7 Å². The Morgan fingerprint density at radius 1 is 1.15 bits per heavy atom. The first kappa shape index (κ1) is 23.2. The average molecular weight is 484 g/mol. The molecule has 12 heteroatoms. The highest BCUT2D eigenvalue weighted by molar-refractivity contribution is 8.00. The van der Waals surface area contributed by atoms with Crippen molar-refractivity contribution < 1.29 is 28.8 Å². The first-order valence-corrected chi connectivity index (χ1v) is 11.3. The van der Waals surface area contributed by atoms with Crippen LogP contribution in [0.25, 0.3) is 0 Å². The van der Waals surface area contributed by atoms with Crippen LogP contribution in [-0.4, -0.2) is 63.1 Å². The number of thioether (sulfide) groups is 1. The summed E-state index contributed by atoms with van der Waals surface area (Å²) in [4.78, 5) is 62.1. The molecule has 2 aliphatic heterocycles. The average Bonchev–Trinajstić information content (AvgIpc) is 2.85. The number of amides is 2.